The van der Waals surface area contributed by atoms with Crippen LogP contribution in [-0.2, 0) is 21.6 Å². The number of ether oxygens (including phenoxy) is 1. The fourth-order valence-corrected chi connectivity index (χ4v) is 2.38. The number of hydrogen-bond donors (Lipinski definition) is 1. The van der Waals surface area contributed by atoms with Gasteiger partial charge in [-0.2, -0.15) is 0 Å². The molecule has 0 bridgehead atoms. The average molecular weight is 302 g/mol. The van der Waals surface area contributed by atoms with Crippen molar-refractivity contribution >= 4 is 5.97 Å². The Balaban J connectivity index is 2.38. The third-order valence-corrected chi connectivity index (χ3v) is 3.50. The van der Waals surface area contributed by atoms with Gasteiger partial charge >= 0.3 is 5.97 Å². The minimum absolute atomic E-state index is 0.0160. The highest BCUT2D eigenvalue weighted by molar-refractivity contribution is 5.76. The number of esters is 1. The van der Waals surface area contributed by atoms with Crippen molar-refractivity contribution in [3.05, 3.63) is 71.8 Å². The second kappa shape index (κ2) is 7.18. The van der Waals surface area contributed by atoms with Crippen LogP contribution in [0.25, 0.3) is 0 Å². The summed E-state index contributed by atoms with van der Waals surface area (Å²) in [5.74, 6) is -1.05. The molecule has 2 atom stereocenters. The van der Waals surface area contributed by atoms with Gasteiger partial charge in [0.05, 0.1) is 6.61 Å². The normalized spacial score (nSPS) is 14.9. The lowest BCUT2D eigenvalue weighted by molar-refractivity contribution is -0.161. The molecule has 0 amide bonds. The van der Waals surface area contributed by atoms with Crippen molar-refractivity contribution in [1.29, 1.82) is 0 Å². The van der Waals surface area contributed by atoms with Gasteiger partial charge in [-0.05, 0) is 18.1 Å². The van der Waals surface area contributed by atoms with Crippen molar-refractivity contribution < 1.29 is 19.0 Å². The molecule has 0 aliphatic rings. The van der Waals surface area contributed by atoms with Gasteiger partial charge in [-0.3, -0.25) is 0 Å². The van der Waals surface area contributed by atoms with E-state index in [1.165, 1.54) is 0 Å². The molecule has 0 aliphatic carbocycles. The van der Waals surface area contributed by atoms with E-state index in [9.17, 15) is 14.3 Å². The van der Waals surface area contributed by atoms with Crippen LogP contribution >= 0.6 is 0 Å². The summed E-state index contributed by atoms with van der Waals surface area (Å²) in [6, 6.07) is 17.4. The molecule has 4 heteroatoms. The lowest BCUT2D eigenvalue weighted by atomic mass is 9.83. The number of rotatable bonds is 6. The fraction of sp³-hybridized carbons (Fsp3) is 0.278. The molecule has 0 heterocycles. The van der Waals surface area contributed by atoms with Gasteiger partial charge in [0.1, 0.15) is 5.60 Å². The molecule has 0 saturated carbocycles. The first kappa shape index (κ1) is 16.2. The van der Waals surface area contributed by atoms with Crippen LogP contribution < -0.4 is 0 Å². The Labute approximate surface area is 129 Å². The molecule has 3 nitrogen and oxygen atoms in total. The van der Waals surface area contributed by atoms with E-state index in [0.717, 1.165) is 5.56 Å². The number of aliphatic hydroxyl groups is 1. The zero-order valence-corrected chi connectivity index (χ0v) is 12.4. The lowest BCUT2D eigenvalue weighted by Crippen LogP contribution is -2.44. The Morgan fingerprint density at radius 3 is 2.23 bits per heavy atom. The molecule has 2 aromatic carbocycles. The van der Waals surface area contributed by atoms with Gasteiger partial charge in [-0.1, -0.05) is 60.7 Å². The first-order valence-electron chi connectivity index (χ1n) is 7.20. The molecular weight excluding hydrogens is 283 g/mol. The predicted octanol–water partition coefficient (Wildman–Crippen LogP) is 3.02. The van der Waals surface area contributed by atoms with Crippen molar-refractivity contribution in [3.8, 4) is 0 Å². The molecule has 1 N–H and O–H groups in total. The smallest absolute Gasteiger partial charge is 0.344 e. The maximum atomic E-state index is 14.7. The number of halogens is 1. The molecule has 0 spiro atoms. The van der Waals surface area contributed by atoms with Crippen molar-refractivity contribution in [3.63, 3.8) is 0 Å². The number of carbonyl (C=O) groups is 1. The Kier molecular flexibility index (Phi) is 5.28. The SMILES string of the molecule is CCOC(=O)[C@@H](F)[C@@](O)(Cc1ccccc1)c1ccccc1. The Hall–Kier alpha value is -2.20. The van der Waals surface area contributed by atoms with E-state index in [1.807, 2.05) is 6.07 Å². The predicted molar refractivity (Wildman–Crippen MR) is 82.0 cm³/mol. The number of carbonyl (C=O) groups excluding carboxylic acids is 1. The maximum Gasteiger partial charge on any atom is 0.344 e. The highest BCUT2D eigenvalue weighted by atomic mass is 19.1. The van der Waals surface area contributed by atoms with Crippen LogP contribution in [-0.4, -0.2) is 23.9 Å². The largest absolute Gasteiger partial charge is 0.464 e. The summed E-state index contributed by atoms with van der Waals surface area (Å²) in [7, 11) is 0. The Morgan fingerprint density at radius 2 is 1.68 bits per heavy atom. The van der Waals surface area contributed by atoms with Crippen LogP contribution in [0.4, 0.5) is 4.39 Å². The average Bonchev–Trinajstić information content (AvgIpc) is 2.56. The zero-order valence-electron chi connectivity index (χ0n) is 12.4. The molecule has 0 saturated heterocycles. The minimum Gasteiger partial charge on any atom is -0.464 e. The summed E-state index contributed by atoms with van der Waals surface area (Å²) >= 11 is 0. The standard InChI is InChI=1S/C18H19FO3/c1-2-22-17(20)16(19)18(21,15-11-7-4-8-12-15)13-14-9-5-3-6-10-14/h3-12,16,21H,2,13H2,1H3/t16-,18-/m1/s1. The van der Waals surface area contributed by atoms with Crippen LogP contribution in [0, 0.1) is 0 Å². The molecular formula is C18H19FO3. The van der Waals surface area contributed by atoms with Crippen molar-refractivity contribution in [1.82, 2.24) is 0 Å². The molecule has 22 heavy (non-hydrogen) atoms. The summed E-state index contributed by atoms with van der Waals surface area (Å²) in [6.07, 6.45) is -2.17. The topological polar surface area (TPSA) is 46.5 Å². The van der Waals surface area contributed by atoms with E-state index < -0.39 is 17.7 Å². The van der Waals surface area contributed by atoms with Crippen molar-refractivity contribution in [2.45, 2.75) is 25.1 Å². The molecule has 116 valence electrons. The van der Waals surface area contributed by atoms with Gasteiger partial charge < -0.3 is 9.84 Å². The number of alkyl halides is 1. The highest BCUT2D eigenvalue weighted by Crippen LogP contribution is 2.32. The zero-order chi connectivity index (χ0) is 16.0. The third-order valence-electron chi connectivity index (χ3n) is 3.50. The van der Waals surface area contributed by atoms with Crippen LogP contribution in [0.2, 0.25) is 0 Å². The van der Waals surface area contributed by atoms with Gasteiger partial charge in [-0.25, -0.2) is 9.18 Å². The third kappa shape index (κ3) is 3.52. The summed E-state index contributed by atoms with van der Waals surface area (Å²) < 4.78 is 19.4. The molecule has 2 aromatic rings. The van der Waals surface area contributed by atoms with Gasteiger partial charge in [0.15, 0.2) is 0 Å². The molecule has 0 unspecified atom stereocenters. The summed E-state index contributed by atoms with van der Waals surface area (Å²) in [4.78, 5) is 11.8. The Morgan fingerprint density at radius 1 is 1.14 bits per heavy atom. The quantitative estimate of drug-likeness (QED) is 0.834. The van der Waals surface area contributed by atoms with E-state index in [1.54, 1.807) is 61.5 Å². The van der Waals surface area contributed by atoms with Crippen molar-refractivity contribution in [2.24, 2.45) is 0 Å². The van der Waals surface area contributed by atoms with Gasteiger partial charge in [0, 0.05) is 6.42 Å². The second-order valence-electron chi connectivity index (χ2n) is 5.07. The summed E-state index contributed by atoms with van der Waals surface area (Å²) in [5.41, 5.74) is -0.880. The maximum absolute atomic E-state index is 14.7. The van der Waals surface area contributed by atoms with E-state index in [0.29, 0.717) is 5.56 Å². The monoisotopic (exact) mass is 302 g/mol. The van der Waals surface area contributed by atoms with Gasteiger partial charge in [-0.15, -0.1) is 0 Å². The first-order chi connectivity index (χ1) is 10.6. The van der Waals surface area contributed by atoms with Crippen LogP contribution in [0.15, 0.2) is 60.7 Å². The fourth-order valence-electron chi connectivity index (χ4n) is 2.38. The van der Waals surface area contributed by atoms with E-state index in [2.05, 4.69) is 0 Å². The van der Waals surface area contributed by atoms with E-state index in [-0.39, 0.29) is 13.0 Å². The second-order valence-corrected chi connectivity index (χ2v) is 5.07. The van der Waals surface area contributed by atoms with E-state index in [4.69, 9.17) is 4.74 Å². The van der Waals surface area contributed by atoms with Crippen LogP contribution in [0.5, 0.6) is 0 Å². The van der Waals surface area contributed by atoms with E-state index >= 15 is 0 Å². The molecule has 2 rings (SSSR count). The lowest BCUT2D eigenvalue weighted by Gasteiger charge is -2.31. The molecule has 0 aliphatic heterocycles. The summed E-state index contributed by atoms with van der Waals surface area (Å²) in [6.45, 7) is 1.67. The first-order valence-corrected chi connectivity index (χ1v) is 7.20. The minimum atomic E-state index is -2.16. The highest BCUT2D eigenvalue weighted by Gasteiger charge is 2.44. The van der Waals surface area contributed by atoms with Crippen LogP contribution in [0.1, 0.15) is 18.1 Å². The number of benzene rings is 2. The van der Waals surface area contributed by atoms with Crippen LogP contribution in [0.3, 0.4) is 0 Å². The molecule has 0 fully saturated rings. The van der Waals surface area contributed by atoms with Gasteiger partial charge in [0.25, 0.3) is 0 Å². The van der Waals surface area contributed by atoms with Crippen molar-refractivity contribution in [2.75, 3.05) is 6.61 Å². The van der Waals surface area contributed by atoms with Gasteiger partial charge in [0.2, 0.25) is 6.17 Å². The number of hydrogen-bond acceptors (Lipinski definition) is 3. The molecule has 0 aromatic heterocycles. The Bertz CT molecular complexity index is 600. The summed E-state index contributed by atoms with van der Waals surface area (Å²) in [5, 5.41) is 10.9. The molecule has 0 radical (unpaired) electrons.